The maximum atomic E-state index is 11.2. The normalized spacial score (nSPS) is 48.4. The van der Waals surface area contributed by atoms with Gasteiger partial charge in [0.05, 0.1) is 0 Å². The Bertz CT molecular complexity index is 427. The van der Waals surface area contributed by atoms with E-state index in [4.69, 9.17) is 10.5 Å². The van der Waals surface area contributed by atoms with Gasteiger partial charge in [-0.3, -0.25) is 5.32 Å². The van der Waals surface area contributed by atoms with Gasteiger partial charge >= 0.3 is 6.09 Å². The topological polar surface area (TPSA) is 89.1 Å². The Morgan fingerprint density at radius 3 is 2.63 bits per heavy atom. The number of hydrogen-bond acceptors (Lipinski definition) is 5. The van der Waals surface area contributed by atoms with Crippen molar-refractivity contribution in [3.05, 3.63) is 0 Å². The van der Waals surface area contributed by atoms with E-state index < -0.39 is 11.8 Å². The van der Waals surface area contributed by atoms with Gasteiger partial charge in [-0.2, -0.15) is 10.2 Å². The summed E-state index contributed by atoms with van der Waals surface area (Å²) in [6.45, 7) is 4.14. The predicted octanol–water partition coefficient (Wildman–Crippen LogP) is 2.15. The third-order valence-electron chi connectivity index (χ3n) is 4.95. The lowest BCUT2D eigenvalue weighted by Gasteiger charge is -2.38. The molecule has 3 rings (SSSR count). The molecule has 0 spiro atoms. The zero-order valence-corrected chi connectivity index (χ0v) is 11.6. The Labute approximate surface area is 113 Å². The molecule has 2 bridgehead atoms. The largest absolute Gasteiger partial charge is 0.446 e. The van der Waals surface area contributed by atoms with Crippen molar-refractivity contribution in [1.29, 1.82) is 0 Å². The number of fused-ring (bicyclic) bond motifs is 5. The average Bonchev–Trinajstić information content (AvgIpc) is 2.69. The molecule has 19 heavy (non-hydrogen) atoms. The lowest BCUT2D eigenvalue weighted by atomic mass is 9.72. The fourth-order valence-electron chi connectivity index (χ4n) is 4.26. The number of amides is 1. The van der Waals surface area contributed by atoms with E-state index in [-0.39, 0.29) is 17.7 Å². The maximum Gasteiger partial charge on any atom is 0.404 e. The van der Waals surface area contributed by atoms with Gasteiger partial charge < -0.3 is 10.5 Å². The second kappa shape index (κ2) is 4.16. The van der Waals surface area contributed by atoms with E-state index in [0.29, 0.717) is 5.92 Å². The summed E-state index contributed by atoms with van der Waals surface area (Å²) in [6.07, 6.45) is 4.58. The molecule has 1 saturated carbocycles. The zero-order valence-electron chi connectivity index (χ0n) is 11.6. The number of nitrogens with two attached hydrogens (primary N) is 1. The zero-order chi connectivity index (χ0) is 13.7. The third-order valence-corrected chi connectivity index (χ3v) is 4.95. The number of azo groups is 1. The van der Waals surface area contributed by atoms with Crippen molar-refractivity contribution in [3.63, 3.8) is 0 Å². The molecule has 1 saturated heterocycles. The van der Waals surface area contributed by atoms with E-state index in [0.717, 1.165) is 19.3 Å². The second-order valence-electron chi connectivity index (χ2n) is 6.37. The molecule has 6 heteroatoms. The van der Waals surface area contributed by atoms with E-state index in [1.54, 1.807) is 0 Å². The highest BCUT2D eigenvalue weighted by atomic mass is 16.6. The first kappa shape index (κ1) is 12.8. The Morgan fingerprint density at radius 2 is 1.89 bits per heavy atom. The van der Waals surface area contributed by atoms with Crippen molar-refractivity contribution in [2.24, 2.45) is 27.8 Å². The van der Waals surface area contributed by atoms with Crippen molar-refractivity contribution < 1.29 is 9.53 Å². The summed E-state index contributed by atoms with van der Waals surface area (Å²) in [5.74, 6) is 0.530. The lowest BCUT2D eigenvalue weighted by Crippen LogP contribution is -2.46. The van der Waals surface area contributed by atoms with Crippen LogP contribution in [0.15, 0.2) is 10.2 Å². The van der Waals surface area contributed by atoms with Crippen molar-refractivity contribution in [3.8, 4) is 0 Å². The summed E-state index contributed by atoms with van der Waals surface area (Å²) in [6, 6.07) is 0. The molecule has 0 aromatic carbocycles. The van der Waals surface area contributed by atoms with E-state index in [1.165, 1.54) is 12.8 Å². The van der Waals surface area contributed by atoms with Gasteiger partial charge in [0.2, 0.25) is 0 Å². The number of ether oxygens (including phenoxy) is 1. The van der Waals surface area contributed by atoms with Gasteiger partial charge in [-0.1, -0.05) is 12.8 Å². The number of carbonyl (C=O) groups excluding carboxylic acids is 1. The predicted molar refractivity (Wildman–Crippen MR) is 69.3 cm³/mol. The first-order valence-electron chi connectivity index (χ1n) is 7.14. The average molecular weight is 266 g/mol. The first-order valence-corrected chi connectivity index (χ1v) is 7.14. The van der Waals surface area contributed by atoms with Crippen molar-refractivity contribution in [2.75, 3.05) is 0 Å². The summed E-state index contributed by atoms with van der Waals surface area (Å²) >= 11 is 0. The van der Waals surface area contributed by atoms with Gasteiger partial charge in [-0.05, 0) is 33.1 Å². The van der Waals surface area contributed by atoms with Crippen molar-refractivity contribution in [1.82, 2.24) is 5.32 Å². The Hall–Kier alpha value is -1.17. The molecule has 1 aliphatic carbocycles. The standard InChI is InChI=1S/C13H22N4O2/c1-12-8-6-4-3-5-7-9(19-11(14)18)10(8)13(2,15-12)17-16-12/h8-10,15H,3-7H2,1-2H3,(H2,14,18). The van der Waals surface area contributed by atoms with Crippen LogP contribution in [0.2, 0.25) is 0 Å². The number of rotatable bonds is 1. The minimum atomic E-state index is -0.683. The molecule has 6 nitrogen and oxygen atoms in total. The van der Waals surface area contributed by atoms with Crippen LogP contribution in [0.3, 0.4) is 0 Å². The van der Waals surface area contributed by atoms with Crippen LogP contribution >= 0.6 is 0 Å². The molecule has 0 aromatic rings. The Kier molecular flexibility index (Phi) is 2.81. The third kappa shape index (κ3) is 1.93. The SMILES string of the molecule is CC12N=NC(C)(N1)C1C(OC(N)=O)CCCCCC12. The number of primary amides is 1. The van der Waals surface area contributed by atoms with E-state index in [1.807, 2.05) is 6.92 Å². The van der Waals surface area contributed by atoms with Crippen LogP contribution in [0.25, 0.3) is 0 Å². The molecular weight excluding hydrogens is 244 g/mol. The quantitative estimate of drug-likeness (QED) is 0.762. The molecule has 2 fully saturated rings. The molecule has 0 radical (unpaired) electrons. The molecule has 2 aliphatic heterocycles. The van der Waals surface area contributed by atoms with Gasteiger partial charge in [0.25, 0.3) is 0 Å². The van der Waals surface area contributed by atoms with Gasteiger partial charge in [-0.25, -0.2) is 4.79 Å². The Balaban J connectivity index is 1.93. The second-order valence-corrected chi connectivity index (χ2v) is 6.37. The minimum absolute atomic E-state index is 0.152. The van der Waals surface area contributed by atoms with Crippen molar-refractivity contribution >= 4 is 6.09 Å². The molecule has 2 heterocycles. The molecule has 0 aromatic heterocycles. The van der Waals surface area contributed by atoms with Crippen LogP contribution < -0.4 is 11.1 Å². The van der Waals surface area contributed by atoms with E-state index in [2.05, 4.69) is 22.5 Å². The number of nitrogens with zero attached hydrogens (tertiary/aromatic N) is 2. The summed E-state index contributed by atoms with van der Waals surface area (Å²) in [5.41, 5.74) is 4.51. The van der Waals surface area contributed by atoms with E-state index >= 15 is 0 Å². The fourth-order valence-corrected chi connectivity index (χ4v) is 4.26. The number of hydrogen-bond donors (Lipinski definition) is 2. The molecule has 5 unspecified atom stereocenters. The van der Waals surface area contributed by atoms with Crippen LogP contribution in [0.1, 0.15) is 46.0 Å². The number of nitrogens with one attached hydrogen (secondary N) is 1. The summed E-state index contributed by atoms with van der Waals surface area (Å²) in [7, 11) is 0. The monoisotopic (exact) mass is 266 g/mol. The van der Waals surface area contributed by atoms with Gasteiger partial charge in [0.1, 0.15) is 17.4 Å². The highest BCUT2D eigenvalue weighted by Crippen LogP contribution is 2.53. The first-order chi connectivity index (χ1) is 8.95. The maximum absolute atomic E-state index is 11.2. The van der Waals surface area contributed by atoms with Crippen LogP contribution in [-0.4, -0.2) is 23.5 Å². The summed E-state index contributed by atoms with van der Waals surface area (Å²) in [4.78, 5) is 11.2. The van der Waals surface area contributed by atoms with E-state index in [9.17, 15) is 4.79 Å². The van der Waals surface area contributed by atoms with Gasteiger partial charge in [0, 0.05) is 11.8 Å². The fraction of sp³-hybridized carbons (Fsp3) is 0.923. The summed E-state index contributed by atoms with van der Waals surface area (Å²) in [5, 5.41) is 12.3. The molecule has 3 aliphatic rings. The number of carbonyl (C=O) groups is 1. The molecule has 106 valence electrons. The summed E-state index contributed by atoms with van der Waals surface area (Å²) < 4.78 is 5.40. The molecule has 1 amide bonds. The highest BCUT2D eigenvalue weighted by molar-refractivity contribution is 5.64. The minimum Gasteiger partial charge on any atom is -0.446 e. The molecular formula is C13H22N4O2. The molecule has 5 atom stereocenters. The lowest BCUT2D eigenvalue weighted by molar-refractivity contribution is 0.00547. The van der Waals surface area contributed by atoms with Gasteiger partial charge in [-0.15, -0.1) is 0 Å². The molecule has 3 N–H and O–H groups in total. The van der Waals surface area contributed by atoms with Crippen LogP contribution in [0.4, 0.5) is 4.79 Å². The van der Waals surface area contributed by atoms with Crippen LogP contribution in [-0.2, 0) is 4.74 Å². The van der Waals surface area contributed by atoms with Gasteiger partial charge in [0.15, 0.2) is 0 Å². The highest BCUT2D eigenvalue weighted by Gasteiger charge is 2.63. The smallest absolute Gasteiger partial charge is 0.404 e. The van der Waals surface area contributed by atoms with Crippen molar-refractivity contribution in [2.45, 2.75) is 63.4 Å². The van der Waals surface area contributed by atoms with Crippen LogP contribution in [0, 0.1) is 11.8 Å². The Morgan fingerprint density at radius 1 is 1.21 bits per heavy atom. The van der Waals surface area contributed by atoms with Crippen LogP contribution in [0.5, 0.6) is 0 Å².